The summed E-state index contributed by atoms with van der Waals surface area (Å²) in [6.07, 6.45) is 4.10. The van der Waals surface area contributed by atoms with Crippen molar-refractivity contribution in [3.05, 3.63) is 58.7 Å². The summed E-state index contributed by atoms with van der Waals surface area (Å²) in [6, 6.07) is 12.5. The number of Topliss-reactive ketones (excluding diaryl/α,β-unsaturated/α-hetero) is 1. The van der Waals surface area contributed by atoms with Gasteiger partial charge in [0.2, 0.25) is 0 Å². The van der Waals surface area contributed by atoms with Gasteiger partial charge in [-0.15, -0.1) is 0 Å². The molecule has 0 amide bonds. The van der Waals surface area contributed by atoms with Crippen LogP contribution < -0.4 is 9.47 Å². The van der Waals surface area contributed by atoms with Crippen LogP contribution in [0.25, 0.3) is 0 Å². The largest absolute Gasteiger partial charge is 0.496 e. The first-order chi connectivity index (χ1) is 13.7. The number of rotatable bonds is 10. The van der Waals surface area contributed by atoms with Gasteiger partial charge in [-0.2, -0.15) is 0 Å². The Morgan fingerprint density at radius 1 is 1.03 bits per heavy atom. The Balaban J connectivity index is 1.97. The molecule has 0 bridgehead atoms. The van der Waals surface area contributed by atoms with Crippen LogP contribution in [-0.2, 0) is 24.2 Å². The molecule has 0 saturated heterocycles. The molecule has 2 rings (SSSR count). The minimum Gasteiger partial charge on any atom is -0.496 e. The predicted molar refractivity (Wildman–Crippen MR) is 120 cm³/mol. The van der Waals surface area contributed by atoms with Crippen LogP contribution >= 0.6 is 0 Å². The Hall–Kier alpha value is -2.29. The molecule has 2 aromatic rings. The van der Waals surface area contributed by atoms with Crippen LogP contribution in [0.5, 0.6) is 11.5 Å². The second-order valence-corrected chi connectivity index (χ2v) is 9.01. The number of hydrogen-bond acceptors (Lipinski definition) is 3. The van der Waals surface area contributed by atoms with E-state index in [0.29, 0.717) is 25.2 Å². The number of ether oxygens (including phenoxy) is 2. The Morgan fingerprint density at radius 3 is 2.41 bits per heavy atom. The molecule has 0 aliphatic rings. The van der Waals surface area contributed by atoms with Crippen LogP contribution in [0.15, 0.2) is 36.4 Å². The minimum atomic E-state index is 0.0687. The monoisotopic (exact) mass is 396 g/mol. The van der Waals surface area contributed by atoms with Crippen molar-refractivity contribution in [3.63, 3.8) is 0 Å². The molecule has 29 heavy (non-hydrogen) atoms. The second kappa shape index (κ2) is 10.5. The average Bonchev–Trinajstić information content (AvgIpc) is 2.65. The summed E-state index contributed by atoms with van der Waals surface area (Å²) in [6.45, 7) is 11.1. The molecule has 0 fully saturated rings. The number of hydrogen-bond donors (Lipinski definition) is 0. The fourth-order valence-electron chi connectivity index (χ4n) is 3.62. The minimum absolute atomic E-state index is 0.0687. The molecule has 3 heteroatoms. The fourth-order valence-corrected chi connectivity index (χ4v) is 3.62. The number of benzene rings is 2. The molecule has 0 saturated carbocycles. The standard InChI is InChI=1S/C26H36O3/c1-7-21-12-13-24(29-18-20-11-14-25(28-6)19(2)15-20)16-22(21)9-8-10-23(27)17-26(3,4)5/h11-16H,7-10,17-18H2,1-6H3. The van der Waals surface area contributed by atoms with Crippen molar-refractivity contribution < 1.29 is 14.3 Å². The Labute approximate surface area is 176 Å². The molecule has 0 unspecified atom stereocenters. The molecule has 3 nitrogen and oxygen atoms in total. The summed E-state index contributed by atoms with van der Waals surface area (Å²) in [7, 11) is 1.69. The van der Waals surface area contributed by atoms with E-state index in [4.69, 9.17) is 9.47 Å². The zero-order valence-corrected chi connectivity index (χ0v) is 18.9. The highest BCUT2D eigenvalue weighted by Crippen LogP contribution is 2.24. The van der Waals surface area contributed by atoms with E-state index < -0.39 is 0 Å². The Morgan fingerprint density at radius 2 is 1.79 bits per heavy atom. The van der Waals surface area contributed by atoms with Crippen LogP contribution in [0.2, 0.25) is 0 Å². The third-order valence-corrected chi connectivity index (χ3v) is 5.05. The van der Waals surface area contributed by atoms with E-state index in [0.717, 1.165) is 41.9 Å². The van der Waals surface area contributed by atoms with Crippen molar-refractivity contribution >= 4 is 5.78 Å². The first-order valence-electron chi connectivity index (χ1n) is 10.6. The molecule has 0 atom stereocenters. The summed E-state index contributed by atoms with van der Waals surface area (Å²) in [5, 5.41) is 0. The number of carbonyl (C=O) groups is 1. The molecule has 0 radical (unpaired) electrons. The molecule has 158 valence electrons. The van der Waals surface area contributed by atoms with Gasteiger partial charge in [0.1, 0.15) is 23.9 Å². The third kappa shape index (κ3) is 7.56. The zero-order valence-electron chi connectivity index (χ0n) is 18.9. The smallest absolute Gasteiger partial charge is 0.133 e. The number of carbonyl (C=O) groups excluding carboxylic acids is 1. The van der Waals surface area contributed by atoms with Gasteiger partial charge in [0.05, 0.1) is 7.11 Å². The molecular formula is C26H36O3. The first kappa shape index (κ1) is 23.0. The molecule has 2 aromatic carbocycles. The van der Waals surface area contributed by atoms with Gasteiger partial charge in [0.25, 0.3) is 0 Å². The SMILES string of the molecule is CCc1ccc(OCc2ccc(OC)c(C)c2)cc1CCCC(=O)CC(C)(C)C. The normalized spacial score (nSPS) is 11.4. The molecule has 0 aliphatic carbocycles. The van der Waals surface area contributed by atoms with Gasteiger partial charge < -0.3 is 9.47 Å². The van der Waals surface area contributed by atoms with E-state index in [1.807, 2.05) is 25.1 Å². The lowest BCUT2D eigenvalue weighted by molar-refractivity contribution is -0.120. The lowest BCUT2D eigenvalue weighted by Gasteiger charge is -2.17. The van der Waals surface area contributed by atoms with Crippen molar-refractivity contribution in [1.29, 1.82) is 0 Å². The van der Waals surface area contributed by atoms with Gasteiger partial charge >= 0.3 is 0 Å². The third-order valence-electron chi connectivity index (χ3n) is 5.05. The van der Waals surface area contributed by atoms with Gasteiger partial charge in [-0.05, 0) is 78.1 Å². The number of aryl methyl sites for hydroxylation is 3. The van der Waals surface area contributed by atoms with Gasteiger partial charge in [0.15, 0.2) is 0 Å². The van der Waals surface area contributed by atoms with Crippen molar-refractivity contribution in [3.8, 4) is 11.5 Å². The Bertz CT molecular complexity index is 815. The maximum atomic E-state index is 12.2. The van der Waals surface area contributed by atoms with Crippen LogP contribution in [0.4, 0.5) is 0 Å². The van der Waals surface area contributed by atoms with Crippen LogP contribution in [0, 0.1) is 12.3 Å². The molecule has 0 heterocycles. The molecule has 0 N–H and O–H groups in total. The first-order valence-corrected chi connectivity index (χ1v) is 10.6. The zero-order chi connectivity index (χ0) is 21.4. The van der Waals surface area contributed by atoms with Crippen LogP contribution in [-0.4, -0.2) is 12.9 Å². The number of methoxy groups -OCH3 is 1. The van der Waals surface area contributed by atoms with Crippen LogP contribution in [0.3, 0.4) is 0 Å². The molecular weight excluding hydrogens is 360 g/mol. The molecule has 0 aromatic heterocycles. The van der Waals surface area contributed by atoms with E-state index in [9.17, 15) is 4.79 Å². The summed E-state index contributed by atoms with van der Waals surface area (Å²) in [5.41, 5.74) is 4.92. The van der Waals surface area contributed by atoms with E-state index in [-0.39, 0.29) is 5.41 Å². The lowest BCUT2D eigenvalue weighted by Crippen LogP contribution is -2.12. The highest BCUT2D eigenvalue weighted by atomic mass is 16.5. The van der Waals surface area contributed by atoms with Crippen LogP contribution in [0.1, 0.15) is 69.2 Å². The fraction of sp³-hybridized carbons (Fsp3) is 0.500. The highest BCUT2D eigenvalue weighted by molar-refractivity contribution is 5.78. The van der Waals surface area contributed by atoms with Gasteiger partial charge in [-0.1, -0.05) is 39.8 Å². The van der Waals surface area contributed by atoms with Crippen molar-refractivity contribution in [2.24, 2.45) is 5.41 Å². The summed E-state index contributed by atoms with van der Waals surface area (Å²) in [5.74, 6) is 2.13. The summed E-state index contributed by atoms with van der Waals surface area (Å²) < 4.78 is 11.4. The van der Waals surface area contributed by atoms with Gasteiger partial charge in [0, 0.05) is 12.8 Å². The van der Waals surface area contributed by atoms with E-state index in [2.05, 4.69) is 45.9 Å². The second-order valence-electron chi connectivity index (χ2n) is 9.01. The van der Waals surface area contributed by atoms with Crippen molar-refractivity contribution in [1.82, 2.24) is 0 Å². The molecule has 0 spiro atoms. The summed E-state index contributed by atoms with van der Waals surface area (Å²) >= 11 is 0. The number of ketones is 1. The quantitative estimate of drug-likeness (QED) is 0.461. The summed E-state index contributed by atoms with van der Waals surface area (Å²) in [4.78, 5) is 12.2. The Kier molecular flexibility index (Phi) is 8.31. The molecule has 0 aliphatic heterocycles. The van der Waals surface area contributed by atoms with Crippen molar-refractivity contribution in [2.75, 3.05) is 7.11 Å². The lowest BCUT2D eigenvalue weighted by atomic mass is 9.88. The maximum absolute atomic E-state index is 12.2. The van der Waals surface area contributed by atoms with Gasteiger partial charge in [-0.25, -0.2) is 0 Å². The van der Waals surface area contributed by atoms with Gasteiger partial charge in [-0.3, -0.25) is 4.79 Å². The average molecular weight is 397 g/mol. The van der Waals surface area contributed by atoms with E-state index in [1.165, 1.54) is 11.1 Å². The van der Waals surface area contributed by atoms with E-state index >= 15 is 0 Å². The maximum Gasteiger partial charge on any atom is 0.133 e. The predicted octanol–water partition coefficient (Wildman–Crippen LogP) is 6.47. The topological polar surface area (TPSA) is 35.5 Å². The van der Waals surface area contributed by atoms with E-state index in [1.54, 1.807) is 7.11 Å². The van der Waals surface area contributed by atoms with Crippen molar-refractivity contribution in [2.45, 2.75) is 73.3 Å². The highest BCUT2D eigenvalue weighted by Gasteiger charge is 2.15.